The van der Waals surface area contributed by atoms with Crippen molar-refractivity contribution in [3.05, 3.63) is 16.5 Å². The van der Waals surface area contributed by atoms with Crippen molar-refractivity contribution in [3.8, 4) is 0 Å². The first-order chi connectivity index (χ1) is 10.6. The number of rotatable bonds is 3. The highest BCUT2D eigenvalue weighted by Gasteiger charge is 2.38. The predicted octanol–water partition coefficient (Wildman–Crippen LogP) is 4.29. The summed E-state index contributed by atoms with van der Waals surface area (Å²) in [6, 6.07) is 0.418. The molecule has 1 aliphatic carbocycles. The van der Waals surface area contributed by atoms with Crippen LogP contribution in [0.2, 0.25) is 5.15 Å². The second-order valence-corrected chi connectivity index (χ2v) is 7.04. The highest BCUT2D eigenvalue weighted by Crippen LogP contribution is 2.39. The maximum absolute atomic E-state index is 6.24. The average Bonchev–Trinajstić information content (AvgIpc) is 2.52. The van der Waals surface area contributed by atoms with Crippen molar-refractivity contribution in [3.63, 3.8) is 0 Å². The van der Waals surface area contributed by atoms with Crippen LogP contribution in [-0.4, -0.2) is 28.2 Å². The van der Waals surface area contributed by atoms with Gasteiger partial charge in [-0.25, -0.2) is 9.97 Å². The third-order valence-electron chi connectivity index (χ3n) is 5.05. The van der Waals surface area contributed by atoms with Gasteiger partial charge in [-0.1, -0.05) is 37.8 Å². The number of nitrogens with zero attached hydrogens (tertiary/aromatic N) is 2. The standard InChI is InChI=1S/C17H26ClN3O/c1-3-14-20-15(18)12(2)16(21-14)19-13-7-10-22-17(11-13)8-5-4-6-9-17/h13H,3-11H2,1-2H3,(H,19,20,21). The summed E-state index contributed by atoms with van der Waals surface area (Å²) in [7, 11) is 0. The lowest BCUT2D eigenvalue weighted by molar-refractivity contribution is -0.103. The maximum atomic E-state index is 6.24. The molecule has 1 atom stereocenters. The second kappa shape index (κ2) is 6.71. The molecule has 4 nitrogen and oxygen atoms in total. The Kier molecular flexibility index (Phi) is 4.88. The van der Waals surface area contributed by atoms with Crippen molar-refractivity contribution in [2.45, 2.75) is 76.9 Å². The van der Waals surface area contributed by atoms with Gasteiger partial charge in [-0.15, -0.1) is 0 Å². The third kappa shape index (κ3) is 3.38. The van der Waals surface area contributed by atoms with Gasteiger partial charge in [0.15, 0.2) is 0 Å². The first-order valence-corrected chi connectivity index (χ1v) is 8.93. The highest BCUT2D eigenvalue weighted by atomic mass is 35.5. The van der Waals surface area contributed by atoms with Gasteiger partial charge in [-0.2, -0.15) is 0 Å². The minimum atomic E-state index is 0.104. The molecule has 2 fully saturated rings. The second-order valence-electron chi connectivity index (χ2n) is 6.68. The van der Waals surface area contributed by atoms with Crippen molar-refractivity contribution in [2.24, 2.45) is 0 Å². The van der Waals surface area contributed by atoms with E-state index in [0.717, 1.165) is 43.1 Å². The molecular formula is C17H26ClN3O. The molecule has 1 spiro atoms. The Bertz CT molecular complexity index is 523. The number of hydrogen-bond acceptors (Lipinski definition) is 4. The summed E-state index contributed by atoms with van der Waals surface area (Å²) in [5.41, 5.74) is 1.05. The van der Waals surface area contributed by atoms with E-state index in [1.54, 1.807) is 0 Å². The number of halogens is 1. The van der Waals surface area contributed by atoms with Crippen LogP contribution in [0, 0.1) is 6.92 Å². The molecule has 1 aromatic heterocycles. The van der Waals surface area contributed by atoms with Gasteiger partial charge < -0.3 is 10.1 Å². The number of anilines is 1. The number of ether oxygens (including phenoxy) is 1. The topological polar surface area (TPSA) is 47.0 Å². The average molecular weight is 324 g/mol. The molecule has 2 heterocycles. The number of hydrogen-bond donors (Lipinski definition) is 1. The van der Waals surface area contributed by atoms with E-state index in [2.05, 4.69) is 22.2 Å². The van der Waals surface area contributed by atoms with E-state index >= 15 is 0 Å². The number of aromatic nitrogens is 2. The zero-order valence-electron chi connectivity index (χ0n) is 13.6. The molecule has 0 radical (unpaired) electrons. The fourth-order valence-corrected chi connectivity index (χ4v) is 3.91. The molecule has 122 valence electrons. The van der Waals surface area contributed by atoms with Crippen LogP contribution in [0.1, 0.15) is 63.3 Å². The van der Waals surface area contributed by atoms with Crippen molar-refractivity contribution in [1.82, 2.24) is 9.97 Å². The van der Waals surface area contributed by atoms with E-state index < -0.39 is 0 Å². The molecule has 5 heteroatoms. The summed E-state index contributed by atoms with van der Waals surface area (Å²) < 4.78 is 6.17. The Morgan fingerprint density at radius 3 is 2.77 bits per heavy atom. The molecule has 1 aromatic rings. The number of nitrogens with one attached hydrogen (secondary N) is 1. The van der Waals surface area contributed by atoms with Crippen LogP contribution in [0.3, 0.4) is 0 Å². The van der Waals surface area contributed by atoms with E-state index in [9.17, 15) is 0 Å². The van der Waals surface area contributed by atoms with Crippen molar-refractivity contribution < 1.29 is 4.74 Å². The molecule has 1 saturated carbocycles. The van der Waals surface area contributed by atoms with Crippen LogP contribution in [-0.2, 0) is 11.2 Å². The largest absolute Gasteiger partial charge is 0.375 e. The van der Waals surface area contributed by atoms with Gasteiger partial charge in [0.25, 0.3) is 0 Å². The lowest BCUT2D eigenvalue weighted by Crippen LogP contribution is -2.45. The Labute approximate surface area is 138 Å². The first-order valence-electron chi connectivity index (χ1n) is 8.55. The predicted molar refractivity (Wildman–Crippen MR) is 89.6 cm³/mol. The van der Waals surface area contributed by atoms with Gasteiger partial charge in [0.05, 0.1) is 5.60 Å². The van der Waals surface area contributed by atoms with Gasteiger partial charge >= 0.3 is 0 Å². The minimum absolute atomic E-state index is 0.104. The lowest BCUT2D eigenvalue weighted by Gasteiger charge is -2.43. The normalized spacial score (nSPS) is 24.4. The summed E-state index contributed by atoms with van der Waals surface area (Å²) >= 11 is 6.24. The van der Waals surface area contributed by atoms with Crippen molar-refractivity contribution in [1.29, 1.82) is 0 Å². The Hall–Kier alpha value is -0.870. The molecule has 1 unspecified atom stereocenters. The molecule has 3 rings (SSSR count). The first kappa shape index (κ1) is 16.0. The molecule has 22 heavy (non-hydrogen) atoms. The van der Waals surface area contributed by atoms with Crippen LogP contribution >= 0.6 is 11.6 Å². The van der Waals surface area contributed by atoms with Crippen LogP contribution in [0.15, 0.2) is 0 Å². The van der Waals surface area contributed by atoms with Gasteiger partial charge in [0.2, 0.25) is 0 Å². The summed E-state index contributed by atoms with van der Waals surface area (Å²) in [6.45, 7) is 4.88. The van der Waals surface area contributed by atoms with E-state index in [4.69, 9.17) is 16.3 Å². The zero-order valence-corrected chi connectivity index (χ0v) is 14.4. The van der Waals surface area contributed by atoms with Crippen molar-refractivity contribution >= 4 is 17.4 Å². The van der Waals surface area contributed by atoms with Crippen LogP contribution < -0.4 is 5.32 Å². The SMILES string of the molecule is CCc1nc(Cl)c(C)c(NC2CCOC3(CCCCC3)C2)n1. The molecule has 1 aliphatic heterocycles. The smallest absolute Gasteiger partial charge is 0.137 e. The van der Waals surface area contributed by atoms with E-state index in [0.29, 0.717) is 11.2 Å². The lowest BCUT2D eigenvalue weighted by atomic mass is 9.78. The van der Waals surface area contributed by atoms with Crippen molar-refractivity contribution in [2.75, 3.05) is 11.9 Å². The van der Waals surface area contributed by atoms with Crippen LogP contribution in [0.4, 0.5) is 5.82 Å². The Morgan fingerprint density at radius 1 is 1.27 bits per heavy atom. The minimum Gasteiger partial charge on any atom is -0.375 e. The summed E-state index contributed by atoms with van der Waals surface area (Å²) in [5, 5.41) is 4.18. The number of aryl methyl sites for hydroxylation is 1. The van der Waals surface area contributed by atoms with E-state index in [-0.39, 0.29) is 5.60 Å². The Morgan fingerprint density at radius 2 is 2.05 bits per heavy atom. The van der Waals surface area contributed by atoms with Gasteiger partial charge in [0, 0.05) is 24.6 Å². The summed E-state index contributed by atoms with van der Waals surface area (Å²) in [5.74, 6) is 1.70. The summed E-state index contributed by atoms with van der Waals surface area (Å²) in [6.07, 6.45) is 9.26. The molecule has 1 saturated heterocycles. The Balaban J connectivity index is 1.74. The maximum Gasteiger partial charge on any atom is 0.137 e. The van der Waals surface area contributed by atoms with E-state index in [1.807, 2.05) is 6.92 Å². The van der Waals surface area contributed by atoms with Gasteiger partial charge in [-0.05, 0) is 32.6 Å². The fourth-order valence-electron chi connectivity index (χ4n) is 3.72. The fraction of sp³-hybridized carbons (Fsp3) is 0.765. The monoisotopic (exact) mass is 323 g/mol. The highest BCUT2D eigenvalue weighted by molar-refractivity contribution is 6.30. The third-order valence-corrected chi connectivity index (χ3v) is 5.42. The van der Waals surface area contributed by atoms with Crippen LogP contribution in [0.5, 0.6) is 0 Å². The molecule has 2 aliphatic rings. The molecule has 0 aromatic carbocycles. The molecule has 1 N–H and O–H groups in total. The molecule has 0 amide bonds. The van der Waals surface area contributed by atoms with Crippen LogP contribution in [0.25, 0.3) is 0 Å². The molecule has 0 bridgehead atoms. The quantitative estimate of drug-likeness (QED) is 0.843. The zero-order chi connectivity index (χ0) is 15.6. The van der Waals surface area contributed by atoms with E-state index in [1.165, 1.54) is 32.1 Å². The molecular weight excluding hydrogens is 298 g/mol. The van der Waals surface area contributed by atoms with Gasteiger partial charge in [-0.3, -0.25) is 0 Å². The summed E-state index contributed by atoms with van der Waals surface area (Å²) in [4.78, 5) is 8.95. The van der Waals surface area contributed by atoms with Gasteiger partial charge in [0.1, 0.15) is 16.8 Å².